The Balaban J connectivity index is 2.46. The van der Waals surface area contributed by atoms with E-state index in [4.69, 9.17) is 11.6 Å². The third kappa shape index (κ3) is 2.19. The van der Waals surface area contributed by atoms with Crippen molar-refractivity contribution in [2.24, 2.45) is 0 Å². The predicted molar refractivity (Wildman–Crippen MR) is 67.5 cm³/mol. The summed E-state index contributed by atoms with van der Waals surface area (Å²) in [5.74, 6) is 0.988. The Labute approximate surface area is 100 Å². The number of benzene rings is 1. The van der Waals surface area contributed by atoms with Crippen molar-refractivity contribution < 1.29 is 0 Å². The highest BCUT2D eigenvalue weighted by molar-refractivity contribution is 6.30. The highest BCUT2D eigenvalue weighted by Gasteiger charge is 2.06. The number of rotatable bonds is 3. The van der Waals surface area contributed by atoms with Crippen LogP contribution in [0.3, 0.4) is 0 Å². The second-order valence-corrected chi connectivity index (χ2v) is 4.03. The molecule has 2 aromatic rings. The minimum absolute atomic E-state index is 0.716. The van der Waals surface area contributed by atoms with Gasteiger partial charge in [-0.15, -0.1) is 0 Å². The standard InChI is InChI=1S/C12H14ClN3/c1-3-14-12-7-9(2)15-16(12)11-6-4-5-10(13)8-11/h4-8,14H,3H2,1-2H3. The molecule has 0 aliphatic heterocycles. The molecule has 2 rings (SSSR count). The van der Waals surface area contributed by atoms with E-state index in [-0.39, 0.29) is 0 Å². The highest BCUT2D eigenvalue weighted by Crippen LogP contribution is 2.19. The van der Waals surface area contributed by atoms with Crippen molar-refractivity contribution in [1.29, 1.82) is 0 Å². The van der Waals surface area contributed by atoms with E-state index in [0.29, 0.717) is 5.02 Å². The van der Waals surface area contributed by atoms with Crippen molar-refractivity contribution in [3.05, 3.63) is 41.0 Å². The van der Waals surface area contributed by atoms with Crippen LogP contribution in [-0.4, -0.2) is 16.3 Å². The molecule has 0 aliphatic rings. The van der Waals surface area contributed by atoms with Gasteiger partial charge in [-0.1, -0.05) is 17.7 Å². The molecular formula is C12H14ClN3. The van der Waals surface area contributed by atoms with E-state index >= 15 is 0 Å². The van der Waals surface area contributed by atoms with Gasteiger partial charge in [0, 0.05) is 17.6 Å². The molecule has 16 heavy (non-hydrogen) atoms. The second-order valence-electron chi connectivity index (χ2n) is 3.59. The van der Waals surface area contributed by atoms with E-state index < -0.39 is 0 Å². The molecule has 0 radical (unpaired) electrons. The van der Waals surface area contributed by atoms with Gasteiger partial charge in [-0.3, -0.25) is 0 Å². The van der Waals surface area contributed by atoms with Crippen LogP contribution in [0.15, 0.2) is 30.3 Å². The lowest BCUT2D eigenvalue weighted by molar-refractivity contribution is 0.862. The first-order valence-electron chi connectivity index (χ1n) is 5.27. The number of hydrogen-bond acceptors (Lipinski definition) is 2. The normalized spacial score (nSPS) is 10.4. The van der Waals surface area contributed by atoms with Crippen molar-refractivity contribution >= 4 is 17.4 Å². The van der Waals surface area contributed by atoms with Crippen LogP contribution in [0, 0.1) is 6.92 Å². The van der Waals surface area contributed by atoms with Crippen LogP contribution in [0.5, 0.6) is 0 Å². The van der Waals surface area contributed by atoms with Crippen LogP contribution in [0.4, 0.5) is 5.82 Å². The number of aryl methyl sites for hydroxylation is 1. The summed E-state index contributed by atoms with van der Waals surface area (Å²) >= 11 is 5.97. The number of aromatic nitrogens is 2. The maximum atomic E-state index is 5.97. The van der Waals surface area contributed by atoms with Crippen molar-refractivity contribution in [3.63, 3.8) is 0 Å². The van der Waals surface area contributed by atoms with Gasteiger partial charge in [0.1, 0.15) is 5.82 Å². The first kappa shape index (κ1) is 11.0. The van der Waals surface area contributed by atoms with Crippen molar-refractivity contribution in [2.75, 3.05) is 11.9 Å². The molecular weight excluding hydrogens is 222 g/mol. The number of anilines is 1. The zero-order chi connectivity index (χ0) is 11.5. The lowest BCUT2D eigenvalue weighted by atomic mass is 10.3. The second kappa shape index (κ2) is 4.58. The average Bonchev–Trinajstić information content (AvgIpc) is 2.60. The molecule has 0 bridgehead atoms. The summed E-state index contributed by atoms with van der Waals surface area (Å²) in [6.45, 7) is 4.90. The molecule has 1 heterocycles. The molecule has 0 saturated heterocycles. The summed E-state index contributed by atoms with van der Waals surface area (Å²) in [5.41, 5.74) is 1.95. The first-order valence-corrected chi connectivity index (χ1v) is 5.65. The molecule has 0 aliphatic carbocycles. The van der Waals surface area contributed by atoms with E-state index in [0.717, 1.165) is 23.7 Å². The van der Waals surface area contributed by atoms with Crippen molar-refractivity contribution in [3.8, 4) is 5.69 Å². The van der Waals surface area contributed by atoms with E-state index in [1.807, 2.05) is 41.9 Å². The lowest BCUT2D eigenvalue weighted by Gasteiger charge is -2.08. The van der Waals surface area contributed by atoms with E-state index in [1.165, 1.54) is 0 Å². The third-order valence-electron chi connectivity index (χ3n) is 2.24. The summed E-state index contributed by atoms with van der Waals surface area (Å²) in [5, 5.41) is 8.42. The summed E-state index contributed by atoms with van der Waals surface area (Å²) in [4.78, 5) is 0. The number of hydrogen-bond donors (Lipinski definition) is 1. The van der Waals surface area contributed by atoms with Crippen LogP contribution in [-0.2, 0) is 0 Å². The van der Waals surface area contributed by atoms with Gasteiger partial charge in [0.2, 0.25) is 0 Å². The van der Waals surface area contributed by atoms with Gasteiger partial charge in [-0.2, -0.15) is 5.10 Å². The fourth-order valence-corrected chi connectivity index (χ4v) is 1.80. The van der Waals surface area contributed by atoms with Crippen LogP contribution < -0.4 is 5.32 Å². The quantitative estimate of drug-likeness (QED) is 0.885. The van der Waals surface area contributed by atoms with Crippen molar-refractivity contribution in [2.45, 2.75) is 13.8 Å². The van der Waals surface area contributed by atoms with Gasteiger partial charge in [0.15, 0.2) is 0 Å². The van der Waals surface area contributed by atoms with Crippen molar-refractivity contribution in [1.82, 2.24) is 9.78 Å². The molecule has 0 saturated carbocycles. The van der Waals surface area contributed by atoms with Crippen LogP contribution in [0.25, 0.3) is 5.69 Å². The van der Waals surface area contributed by atoms with E-state index in [1.54, 1.807) is 0 Å². The first-order chi connectivity index (χ1) is 7.70. The molecule has 0 fully saturated rings. The molecule has 1 N–H and O–H groups in total. The Bertz CT molecular complexity index is 491. The molecule has 1 aromatic heterocycles. The molecule has 84 valence electrons. The number of nitrogens with one attached hydrogen (secondary N) is 1. The average molecular weight is 236 g/mol. The summed E-state index contributed by atoms with van der Waals surface area (Å²) in [7, 11) is 0. The van der Waals surface area contributed by atoms with Gasteiger partial charge >= 0.3 is 0 Å². The molecule has 3 nitrogen and oxygen atoms in total. The van der Waals surface area contributed by atoms with E-state index in [2.05, 4.69) is 17.3 Å². The maximum absolute atomic E-state index is 5.97. The molecule has 4 heteroatoms. The largest absolute Gasteiger partial charge is 0.370 e. The maximum Gasteiger partial charge on any atom is 0.130 e. The third-order valence-corrected chi connectivity index (χ3v) is 2.48. The van der Waals surface area contributed by atoms with Crippen LogP contribution in [0.2, 0.25) is 5.02 Å². The van der Waals surface area contributed by atoms with E-state index in [9.17, 15) is 0 Å². The van der Waals surface area contributed by atoms with Crippen LogP contribution in [0.1, 0.15) is 12.6 Å². The SMILES string of the molecule is CCNc1cc(C)nn1-c1cccc(Cl)c1. The zero-order valence-electron chi connectivity index (χ0n) is 9.37. The van der Waals surface area contributed by atoms with Gasteiger partial charge < -0.3 is 5.32 Å². The van der Waals surface area contributed by atoms with Crippen LogP contribution >= 0.6 is 11.6 Å². The Hall–Kier alpha value is -1.48. The minimum Gasteiger partial charge on any atom is -0.370 e. The molecule has 0 unspecified atom stereocenters. The van der Waals surface area contributed by atoms with Gasteiger partial charge in [-0.05, 0) is 32.0 Å². The molecule has 0 amide bonds. The smallest absolute Gasteiger partial charge is 0.130 e. The zero-order valence-corrected chi connectivity index (χ0v) is 10.1. The Morgan fingerprint density at radius 1 is 1.38 bits per heavy atom. The molecule has 0 atom stereocenters. The fourth-order valence-electron chi connectivity index (χ4n) is 1.61. The monoisotopic (exact) mass is 235 g/mol. The summed E-state index contributed by atoms with van der Waals surface area (Å²) in [6, 6.07) is 9.68. The fraction of sp³-hybridized carbons (Fsp3) is 0.250. The topological polar surface area (TPSA) is 29.9 Å². The number of halogens is 1. The van der Waals surface area contributed by atoms with Gasteiger partial charge in [-0.25, -0.2) is 4.68 Å². The Morgan fingerprint density at radius 2 is 2.19 bits per heavy atom. The van der Waals surface area contributed by atoms with Gasteiger partial charge in [0.25, 0.3) is 0 Å². The molecule has 1 aromatic carbocycles. The predicted octanol–water partition coefficient (Wildman–Crippen LogP) is 3.27. The Kier molecular flexibility index (Phi) is 3.15. The summed E-state index contributed by atoms with van der Waals surface area (Å²) < 4.78 is 1.87. The number of nitrogens with zero attached hydrogens (tertiary/aromatic N) is 2. The molecule has 0 spiro atoms. The summed E-state index contributed by atoms with van der Waals surface area (Å²) in [6.07, 6.45) is 0. The Morgan fingerprint density at radius 3 is 2.88 bits per heavy atom. The minimum atomic E-state index is 0.716. The van der Waals surface area contributed by atoms with Gasteiger partial charge in [0.05, 0.1) is 11.4 Å². The lowest BCUT2D eigenvalue weighted by Crippen LogP contribution is -2.05. The highest BCUT2D eigenvalue weighted by atomic mass is 35.5.